The van der Waals surface area contributed by atoms with Crippen LogP contribution in [0.1, 0.15) is 75.6 Å². The third-order valence-corrected chi connectivity index (χ3v) is 10.2. The van der Waals surface area contributed by atoms with E-state index in [4.69, 9.17) is 28.4 Å². The van der Waals surface area contributed by atoms with Gasteiger partial charge in [0.15, 0.2) is 18.2 Å². The summed E-state index contributed by atoms with van der Waals surface area (Å²) in [6.45, 7) is 3.26. The van der Waals surface area contributed by atoms with Gasteiger partial charge in [-0.25, -0.2) is 10.3 Å². The zero-order valence-corrected chi connectivity index (χ0v) is 28.4. The Hall–Kier alpha value is -2.86. The van der Waals surface area contributed by atoms with Crippen molar-refractivity contribution in [3.05, 3.63) is 47.9 Å². The normalized spacial score (nSPS) is 37.2. The molecular formula is C35H51NO14. The molecule has 15 heteroatoms. The summed E-state index contributed by atoms with van der Waals surface area (Å²) in [7, 11) is 0. The number of amides is 1. The molecule has 15 nitrogen and oxygen atoms in total. The number of benzene rings is 1. The van der Waals surface area contributed by atoms with E-state index in [0.717, 1.165) is 38.4 Å². The second kappa shape index (κ2) is 17.6. The van der Waals surface area contributed by atoms with Crippen LogP contribution in [0.5, 0.6) is 0 Å². The molecule has 2 aliphatic heterocycles. The van der Waals surface area contributed by atoms with E-state index in [1.807, 2.05) is 13.8 Å². The van der Waals surface area contributed by atoms with E-state index in [1.54, 1.807) is 35.8 Å². The number of rotatable bonds is 12. The van der Waals surface area contributed by atoms with Gasteiger partial charge in [-0.15, -0.1) is 0 Å². The number of hydroxylamine groups is 1. The first-order chi connectivity index (χ1) is 24.0. The topological polar surface area (TPSA) is 223 Å². The molecule has 0 aromatic heterocycles. The van der Waals surface area contributed by atoms with E-state index < -0.39 is 91.8 Å². The molecule has 13 atom stereocenters. The number of aliphatic hydroxyl groups excluding tert-OH is 5. The Morgan fingerprint density at radius 2 is 1.66 bits per heavy atom. The fourth-order valence-electron chi connectivity index (χ4n) is 7.58. The molecule has 1 saturated heterocycles. The molecule has 0 bridgehead atoms. The number of nitrogens with one attached hydrogen (secondary N) is 1. The fourth-order valence-corrected chi connectivity index (χ4v) is 7.58. The van der Waals surface area contributed by atoms with E-state index in [2.05, 4.69) is 0 Å². The van der Waals surface area contributed by atoms with Crippen molar-refractivity contribution in [2.24, 2.45) is 17.8 Å². The summed E-state index contributed by atoms with van der Waals surface area (Å²) in [6, 6.07) is 8.12. The maximum absolute atomic E-state index is 13.5. The third kappa shape index (κ3) is 9.13. The molecule has 7 N–H and O–H groups in total. The van der Waals surface area contributed by atoms with Crippen molar-refractivity contribution in [3.63, 3.8) is 0 Å². The largest absolute Gasteiger partial charge is 0.506 e. The minimum absolute atomic E-state index is 0.116. The molecule has 2 saturated carbocycles. The van der Waals surface area contributed by atoms with Crippen LogP contribution in [0.15, 0.2) is 42.4 Å². The molecule has 4 aliphatic rings. The molecule has 1 amide bonds. The zero-order chi connectivity index (χ0) is 35.9. The first kappa shape index (κ1) is 38.4. The molecule has 2 aliphatic carbocycles. The second-order valence-electron chi connectivity index (χ2n) is 14.1. The Kier molecular flexibility index (Phi) is 13.5. The lowest BCUT2D eigenvalue weighted by Crippen LogP contribution is -2.64. The predicted molar refractivity (Wildman–Crippen MR) is 172 cm³/mol. The summed E-state index contributed by atoms with van der Waals surface area (Å²) in [5.74, 6) is -2.12. The van der Waals surface area contributed by atoms with Gasteiger partial charge in [-0.1, -0.05) is 64.2 Å². The van der Waals surface area contributed by atoms with Gasteiger partial charge < -0.3 is 54.0 Å². The number of carbonyl (C=O) groups excluding carboxylic acids is 2. The van der Waals surface area contributed by atoms with Crippen LogP contribution in [-0.2, 0) is 33.2 Å². The molecule has 50 heavy (non-hydrogen) atoms. The maximum Gasteiger partial charge on any atom is 0.338 e. The summed E-state index contributed by atoms with van der Waals surface area (Å²) in [5, 5.41) is 62.0. The van der Waals surface area contributed by atoms with Crippen LogP contribution in [0, 0.1) is 17.8 Å². The van der Waals surface area contributed by atoms with Crippen molar-refractivity contribution in [3.8, 4) is 0 Å². The van der Waals surface area contributed by atoms with Gasteiger partial charge in [0.05, 0.1) is 24.4 Å². The average molecular weight is 710 g/mol. The van der Waals surface area contributed by atoms with Crippen LogP contribution >= 0.6 is 0 Å². The molecule has 1 aromatic rings. The number of esters is 1. The number of carbonyl (C=O) groups is 2. The van der Waals surface area contributed by atoms with Crippen LogP contribution < -0.4 is 5.48 Å². The van der Waals surface area contributed by atoms with Gasteiger partial charge in [0, 0.05) is 0 Å². The first-order valence-electron chi connectivity index (χ1n) is 17.5. The predicted octanol–water partition coefficient (Wildman–Crippen LogP) is 1.83. The number of ether oxygens (including phenoxy) is 6. The highest BCUT2D eigenvalue weighted by molar-refractivity contribution is 5.89. The van der Waals surface area contributed by atoms with Gasteiger partial charge in [0.2, 0.25) is 6.29 Å². The first-order valence-corrected chi connectivity index (χ1v) is 17.5. The van der Waals surface area contributed by atoms with Gasteiger partial charge in [-0.05, 0) is 49.1 Å². The monoisotopic (exact) mass is 709 g/mol. The van der Waals surface area contributed by atoms with E-state index >= 15 is 0 Å². The number of aliphatic hydroxyl groups is 5. The van der Waals surface area contributed by atoms with Gasteiger partial charge >= 0.3 is 5.97 Å². The summed E-state index contributed by atoms with van der Waals surface area (Å²) in [5.41, 5.74) is 1.84. The lowest BCUT2D eigenvalue weighted by Gasteiger charge is -2.47. The fraction of sp³-hybridized carbons (Fsp3) is 0.714. The lowest BCUT2D eigenvalue weighted by molar-refractivity contribution is -0.337. The summed E-state index contributed by atoms with van der Waals surface area (Å²) >= 11 is 0. The van der Waals surface area contributed by atoms with Gasteiger partial charge in [-0.3, -0.25) is 10.0 Å². The maximum atomic E-state index is 13.5. The summed E-state index contributed by atoms with van der Waals surface area (Å²) < 4.78 is 36.4. The van der Waals surface area contributed by atoms with E-state index in [1.165, 1.54) is 0 Å². The van der Waals surface area contributed by atoms with E-state index in [0.29, 0.717) is 12.8 Å². The Labute approximate surface area is 291 Å². The van der Waals surface area contributed by atoms with Crippen molar-refractivity contribution in [2.45, 2.75) is 133 Å². The van der Waals surface area contributed by atoms with Crippen molar-refractivity contribution in [2.75, 3.05) is 6.61 Å². The Morgan fingerprint density at radius 1 is 0.940 bits per heavy atom. The highest BCUT2D eigenvalue weighted by Crippen LogP contribution is 2.38. The van der Waals surface area contributed by atoms with Crippen LogP contribution in [0.25, 0.3) is 0 Å². The Balaban J connectivity index is 1.45. The highest BCUT2D eigenvalue weighted by Gasteiger charge is 2.52. The smallest absolute Gasteiger partial charge is 0.338 e. The SMILES string of the molecule is CC1CC(C)C(OC2OC=C(O)C(O)C2O)C(OC2OC(CO)C(O)C(O[C@@H](CC3CCCCC3)C(=O)NO)C2OC(=O)c2ccccc2)C1. The quantitative estimate of drug-likeness (QED) is 0.0935. The van der Waals surface area contributed by atoms with Crippen LogP contribution in [0.4, 0.5) is 0 Å². The molecule has 12 unspecified atom stereocenters. The minimum atomic E-state index is -1.63. The van der Waals surface area contributed by atoms with Gasteiger partial charge in [0.1, 0.15) is 42.9 Å². The molecule has 3 fully saturated rings. The van der Waals surface area contributed by atoms with E-state index in [9.17, 15) is 40.3 Å². The van der Waals surface area contributed by atoms with Crippen molar-refractivity contribution in [1.29, 1.82) is 0 Å². The molecule has 0 spiro atoms. The molecular weight excluding hydrogens is 658 g/mol. The number of hydrogen-bond acceptors (Lipinski definition) is 14. The highest BCUT2D eigenvalue weighted by atomic mass is 16.7. The average Bonchev–Trinajstić information content (AvgIpc) is 3.12. The van der Waals surface area contributed by atoms with E-state index in [-0.39, 0.29) is 29.7 Å². The van der Waals surface area contributed by atoms with Crippen molar-refractivity contribution in [1.82, 2.24) is 5.48 Å². The van der Waals surface area contributed by atoms with Crippen molar-refractivity contribution < 1.29 is 68.8 Å². The molecule has 280 valence electrons. The van der Waals surface area contributed by atoms with Crippen LogP contribution in [0.3, 0.4) is 0 Å². The minimum Gasteiger partial charge on any atom is -0.506 e. The standard InChI is InChI=1S/C35H51NO14/c1-18-13-19(2)29(50-34-28(41)26(39)22(38)17-45-34)23(14-18)47-35-31(49-33(43)21-11-7-4-8-12-21)30(27(40)25(16-37)48-35)46-24(32(42)36-44)15-20-9-5-3-6-10-20/h4,7-8,11-12,17-20,23-31,34-35,37-41,44H,3,5-6,9-10,13-16H2,1-2H3,(H,36,42)/t18?,19?,23?,24-,25?,26?,27?,28?,29?,30?,31?,34?,35?/m0/s1. The summed E-state index contributed by atoms with van der Waals surface area (Å²) in [6.07, 6.45) is -7.63. The van der Waals surface area contributed by atoms with Crippen LogP contribution in [0.2, 0.25) is 0 Å². The summed E-state index contributed by atoms with van der Waals surface area (Å²) in [4.78, 5) is 26.5. The Morgan fingerprint density at radius 3 is 2.34 bits per heavy atom. The third-order valence-electron chi connectivity index (χ3n) is 10.2. The molecule has 0 radical (unpaired) electrons. The molecule has 2 heterocycles. The zero-order valence-electron chi connectivity index (χ0n) is 28.4. The molecule has 5 rings (SSSR count). The van der Waals surface area contributed by atoms with Crippen LogP contribution in [-0.4, -0.2) is 117 Å². The second-order valence-corrected chi connectivity index (χ2v) is 14.1. The van der Waals surface area contributed by atoms with Crippen molar-refractivity contribution >= 4 is 11.9 Å². The molecule has 1 aromatic carbocycles. The van der Waals surface area contributed by atoms with Gasteiger partial charge in [-0.2, -0.15) is 0 Å². The number of hydrogen-bond donors (Lipinski definition) is 7. The van der Waals surface area contributed by atoms with Gasteiger partial charge in [0.25, 0.3) is 5.91 Å². The Bertz CT molecular complexity index is 1280. The lowest BCUT2D eigenvalue weighted by atomic mass is 9.79.